The van der Waals surface area contributed by atoms with Crippen molar-refractivity contribution in [3.63, 3.8) is 0 Å². The summed E-state index contributed by atoms with van der Waals surface area (Å²) in [5.74, 6) is -0.165. The van der Waals surface area contributed by atoms with Crippen molar-refractivity contribution in [2.24, 2.45) is 0 Å². The third-order valence-electron chi connectivity index (χ3n) is 5.36. The average molecular weight is 544 g/mol. The molecule has 0 radical (unpaired) electrons. The van der Waals surface area contributed by atoms with Gasteiger partial charge in [-0.3, -0.25) is 33.9 Å². The second-order valence-electron chi connectivity index (χ2n) is 7.56. The number of para-hydroxylation sites is 1. The maximum atomic E-state index is 13.4. The minimum absolute atomic E-state index is 0.0330. The fourth-order valence-corrected chi connectivity index (χ4v) is 5.50. The normalized spacial score (nSPS) is 16.8. The molecule has 0 saturated carbocycles. The van der Waals surface area contributed by atoms with E-state index in [0.29, 0.717) is 27.7 Å². The molecule has 12 heteroatoms. The first kappa shape index (κ1) is 25.7. The predicted molar refractivity (Wildman–Crippen MR) is 143 cm³/mol. The largest absolute Gasteiger partial charge is 0.493 e. The molecule has 2 fully saturated rings. The number of methoxy groups -OCH3 is 2. The number of amides is 4. The number of thiocarbonyl (C=S) groups is 1. The van der Waals surface area contributed by atoms with E-state index in [9.17, 15) is 19.2 Å². The van der Waals surface area contributed by atoms with Gasteiger partial charge in [-0.25, -0.2) is 0 Å². The summed E-state index contributed by atoms with van der Waals surface area (Å²) in [5, 5.41) is -0.419. The summed E-state index contributed by atoms with van der Waals surface area (Å²) in [7, 11) is 3.06. The van der Waals surface area contributed by atoms with Crippen molar-refractivity contribution in [3.8, 4) is 11.5 Å². The van der Waals surface area contributed by atoms with Crippen molar-refractivity contribution in [2.45, 2.75) is 0 Å². The number of anilines is 1. The summed E-state index contributed by atoms with van der Waals surface area (Å²) in [4.78, 5) is 54.7. The minimum atomic E-state index is -0.484. The highest BCUT2D eigenvalue weighted by molar-refractivity contribution is 8.26. The molecule has 2 saturated heterocycles. The van der Waals surface area contributed by atoms with E-state index in [1.54, 1.807) is 54.6 Å². The van der Waals surface area contributed by atoms with Crippen molar-refractivity contribution >= 4 is 74.8 Å². The molecule has 0 unspecified atom stereocenters. The van der Waals surface area contributed by atoms with Gasteiger partial charge in [-0.15, -0.1) is 0 Å². The van der Waals surface area contributed by atoms with E-state index in [1.807, 2.05) is 0 Å². The van der Waals surface area contributed by atoms with Gasteiger partial charge in [0.2, 0.25) is 11.8 Å². The molecule has 2 heterocycles. The maximum Gasteiger partial charge on any atom is 0.290 e. The molecule has 2 aliphatic heterocycles. The standard InChI is InChI=1S/C24H21N3O6S3/c1-32-17-9-8-15(10-18(17)33-2)11-19-22(30)25(24(34)36-19)12-20(28)26(16-6-4-3-5-7-16)14-27-21(29)13-35-23(27)31/h3-11H,12-14H2,1-2H3. The van der Waals surface area contributed by atoms with Crippen LogP contribution in [0.4, 0.5) is 10.5 Å². The molecule has 9 nitrogen and oxygen atoms in total. The highest BCUT2D eigenvalue weighted by Gasteiger charge is 2.37. The van der Waals surface area contributed by atoms with Crippen LogP contribution in [0.3, 0.4) is 0 Å². The Kier molecular flexibility index (Phi) is 7.97. The van der Waals surface area contributed by atoms with Gasteiger partial charge in [0.1, 0.15) is 17.5 Å². The fourth-order valence-electron chi connectivity index (χ4n) is 3.52. The maximum absolute atomic E-state index is 13.4. The smallest absolute Gasteiger partial charge is 0.290 e. The zero-order valence-corrected chi connectivity index (χ0v) is 21.8. The first-order valence-electron chi connectivity index (χ1n) is 10.6. The van der Waals surface area contributed by atoms with E-state index in [1.165, 1.54) is 24.0 Å². The Morgan fingerprint density at radius 2 is 1.78 bits per heavy atom. The zero-order valence-electron chi connectivity index (χ0n) is 19.3. The summed E-state index contributed by atoms with van der Waals surface area (Å²) in [6, 6.07) is 13.9. The van der Waals surface area contributed by atoms with E-state index in [2.05, 4.69) is 0 Å². The van der Waals surface area contributed by atoms with E-state index in [-0.39, 0.29) is 29.2 Å². The summed E-state index contributed by atoms with van der Waals surface area (Å²) in [5.41, 5.74) is 1.19. The van der Waals surface area contributed by atoms with Gasteiger partial charge < -0.3 is 9.47 Å². The third kappa shape index (κ3) is 5.40. The number of ether oxygens (including phenoxy) is 2. The molecule has 2 aromatic carbocycles. The van der Waals surface area contributed by atoms with Crippen LogP contribution in [0.1, 0.15) is 5.56 Å². The molecule has 0 spiro atoms. The van der Waals surface area contributed by atoms with Gasteiger partial charge >= 0.3 is 0 Å². The number of nitrogens with zero attached hydrogens (tertiary/aromatic N) is 3. The first-order valence-corrected chi connectivity index (χ1v) is 12.8. The number of hydrogen-bond acceptors (Lipinski definition) is 9. The SMILES string of the molecule is COc1ccc(C=C2SC(=S)N(CC(=O)N(CN3C(=O)CSC3=O)c3ccccc3)C2=O)cc1OC. The summed E-state index contributed by atoms with van der Waals surface area (Å²) >= 11 is 7.37. The topological polar surface area (TPSA) is 96.5 Å². The van der Waals surface area contributed by atoms with Gasteiger partial charge in [0.05, 0.1) is 24.9 Å². The summed E-state index contributed by atoms with van der Waals surface area (Å²) in [6.45, 7) is -0.587. The molecule has 2 aliphatic rings. The van der Waals surface area contributed by atoms with E-state index >= 15 is 0 Å². The Morgan fingerprint density at radius 1 is 1.06 bits per heavy atom. The van der Waals surface area contributed by atoms with E-state index in [0.717, 1.165) is 28.4 Å². The molecule has 2 aromatic rings. The fraction of sp³-hybridized carbons (Fsp3) is 0.208. The van der Waals surface area contributed by atoms with Crippen LogP contribution in [0, 0.1) is 0 Å². The van der Waals surface area contributed by atoms with Crippen LogP contribution in [0.2, 0.25) is 0 Å². The number of imide groups is 1. The summed E-state index contributed by atoms with van der Waals surface area (Å²) in [6.07, 6.45) is 1.67. The molecule has 0 N–H and O–H groups in total. The van der Waals surface area contributed by atoms with Gasteiger partial charge in [0, 0.05) is 5.69 Å². The van der Waals surface area contributed by atoms with Crippen LogP contribution in [0.25, 0.3) is 6.08 Å². The molecule has 0 bridgehead atoms. The predicted octanol–water partition coefficient (Wildman–Crippen LogP) is 3.59. The number of carbonyl (C=O) groups is 4. The van der Waals surface area contributed by atoms with Crippen LogP contribution in [-0.4, -0.2) is 70.3 Å². The Bertz CT molecular complexity index is 1250. The van der Waals surface area contributed by atoms with Crippen LogP contribution in [-0.2, 0) is 14.4 Å². The molecular weight excluding hydrogens is 522 g/mol. The van der Waals surface area contributed by atoms with Gasteiger partial charge in [-0.05, 0) is 35.9 Å². The molecule has 36 heavy (non-hydrogen) atoms. The van der Waals surface area contributed by atoms with Crippen molar-refractivity contribution in [1.82, 2.24) is 9.80 Å². The molecule has 186 valence electrons. The lowest BCUT2D eigenvalue weighted by atomic mass is 10.2. The molecule has 0 aliphatic carbocycles. The lowest BCUT2D eigenvalue weighted by Crippen LogP contribution is -2.48. The van der Waals surface area contributed by atoms with Crippen LogP contribution < -0.4 is 14.4 Å². The minimum Gasteiger partial charge on any atom is -0.493 e. The Balaban J connectivity index is 1.54. The van der Waals surface area contributed by atoms with Gasteiger partial charge in [0.25, 0.3) is 11.1 Å². The first-order chi connectivity index (χ1) is 17.3. The van der Waals surface area contributed by atoms with Gasteiger partial charge in [-0.2, -0.15) is 0 Å². The highest BCUT2D eigenvalue weighted by atomic mass is 32.2. The Hall–Kier alpha value is -3.35. The molecule has 0 atom stereocenters. The van der Waals surface area contributed by atoms with E-state index < -0.39 is 17.1 Å². The van der Waals surface area contributed by atoms with Crippen molar-refractivity contribution in [3.05, 3.63) is 59.0 Å². The van der Waals surface area contributed by atoms with Crippen LogP contribution in [0.15, 0.2) is 53.4 Å². The van der Waals surface area contributed by atoms with E-state index in [4.69, 9.17) is 21.7 Å². The van der Waals surface area contributed by atoms with Gasteiger partial charge in [0.15, 0.2) is 11.5 Å². The molecule has 4 rings (SSSR count). The monoisotopic (exact) mass is 543 g/mol. The number of carbonyl (C=O) groups excluding carboxylic acids is 4. The highest BCUT2D eigenvalue weighted by Crippen LogP contribution is 2.35. The number of rotatable bonds is 8. The second kappa shape index (κ2) is 11.1. The van der Waals surface area contributed by atoms with Crippen molar-refractivity contribution < 1.29 is 28.7 Å². The average Bonchev–Trinajstić information content (AvgIpc) is 3.34. The molecule has 4 amide bonds. The number of hydrogen-bond donors (Lipinski definition) is 0. The quantitative estimate of drug-likeness (QED) is 0.366. The summed E-state index contributed by atoms with van der Waals surface area (Å²) < 4.78 is 10.8. The number of benzene rings is 2. The van der Waals surface area contributed by atoms with Gasteiger partial charge in [-0.1, -0.05) is 60.0 Å². The van der Waals surface area contributed by atoms with Crippen molar-refractivity contribution in [2.75, 3.05) is 38.1 Å². The Morgan fingerprint density at radius 3 is 2.42 bits per heavy atom. The Labute approximate surface area is 221 Å². The third-order valence-corrected chi connectivity index (χ3v) is 7.60. The molecule has 0 aromatic heterocycles. The number of thioether (sulfide) groups is 2. The zero-order chi connectivity index (χ0) is 25.8. The van der Waals surface area contributed by atoms with Crippen LogP contribution in [0.5, 0.6) is 11.5 Å². The second-order valence-corrected chi connectivity index (χ2v) is 10.2. The lowest BCUT2D eigenvalue weighted by molar-refractivity contribution is -0.128. The molecular formula is C24H21N3O6S3. The lowest BCUT2D eigenvalue weighted by Gasteiger charge is -2.28. The van der Waals surface area contributed by atoms with Crippen molar-refractivity contribution in [1.29, 1.82) is 0 Å². The van der Waals surface area contributed by atoms with Crippen LogP contribution >= 0.6 is 35.7 Å².